The van der Waals surface area contributed by atoms with E-state index in [0.717, 1.165) is 23.9 Å². The number of methoxy groups -OCH3 is 2. The zero-order chi connectivity index (χ0) is 14.4. The van der Waals surface area contributed by atoms with Crippen molar-refractivity contribution in [2.75, 3.05) is 20.5 Å². The highest BCUT2D eigenvalue weighted by Crippen LogP contribution is 2.34. The predicted molar refractivity (Wildman–Crippen MR) is 80.5 cm³/mol. The molecule has 0 bridgehead atoms. The molecule has 0 aliphatic rings. The molecule has 2 N–H and O–H groups in total. The van der Waals surface area contributed by atoms with Crippen molar-refractivity contribution in [1.82, 2.24) is 15.3 Å². The Morgan fingerprint density at radius 3 is 2.55 bits per heavy atom. The lowest BCUT2D eigenvalue weighted by Crippen LogP contribution is -2.14. The molecule has 0 spiro atoms. The normalized spacial score (nSPS) is 10.6. The fourth-order valence-corrected chi connectivity index (χ4v) is 2.56. The van der Waals surface area contributed by atoms with E-state index in [1.807, 2.05) is 18.3 Å². The van der Waals surface area contributed by atoms with Gasteiger partial charge in [0.15, 0.2) is 11.5 Å². The van der Waals surface area contributed by atoms with Gasteiger partial charge in [-0.05, 0) is 24.0 Å². The highest BCUT2D eigenvalue weighted by atomic mass is 32.2. The van der Waals surface area contributed by atoms with Crippen LogP contribution >= 0.6 is 11.8 Å². The summed E-state index contributed by atoms with van der Waals surface area (Å²) in [5.41, 5.74) is 1.18. The number of thioether (sulfide) groups is 1. The number of hydrogen-bond acceptors (Lipinski definition) is 5. The Bertz CT molecular complexity index is 544. The van der Waals surface area contributed by atoms with Gasteiger partial charge in [-0.2, -0.15) is 0 Å². The SMILES string of the molecule is COc1cc(CNCc2ncc[nH]2)c(SC)cc1OC. The maximum Gasteiger partial charge on any atom is 0.161 e. The second-order valence-corrected chi connectivity index (χ2v) is 5.01. The van der Waals surface area contributed by atoms with Gasteiger partial charge < -0.3 is 19.8 Å². The van der Waals surface area contributed by atoms with E-state index in [2.05, 4.69) is 21.5 Å². The highest BCUT2D eigenvalue weighted by molar-refractivity contribution is 7.98. The van der Waals surface area contributed by atoms with Crippen molar-refractivity contribution in [2.45, 2.75) is 18.0 Å². The van der Waals surface area contributed by atoms with E-state index in [0.29, 0.717) is 6.54 Å². The van der Waals surface area contributed by atoms with Crippen LogP contribution in [0.4, 0.5) is 0 Å². The molecular formula is C14H19N3O2S. The van der Waals surface area contributed by atoms with Crippen LogP contribution in [0, 0.1) is 0 Å². The summed E-state index contributed by atoms with van der Waals surface area (Å²) in [4.78, 5) is 8.43. The molecule has 0 aliphatic carbocycles. The fourth-order valence-electron chi connectivity index (χ4n) is 1.94. The van der Waals surface area contributed by atoms with Crippen molar-refractivity contribution in [3.05, 3.63) is 35.9 Å². The van der Waals surface area contributed by atoms with Crippen LogP contribution in [0.25, 0.3) is 0 Å². The smallest absolute Gasteiger partial charge is 0.161 e. The van der Waals surface area contributed by atoms with Gasteiger partial charge in [-0.3, -0.25) is 0 Å². The molecule has 0 aliphatic heterocycles. The first-order valence-electron chi connectivity index (χ1n) is 6.26. The van der Waals surface area contributed by atoms with Crippen LogP contribution in [0.5, 0.6) is 11.5 Å². The van der Waals surface area contributed by atoms with Gasteiger partial charge in [0, 0.05) is 23.8 Å². The Labute approximate surface area is 123 Å². The van der Waals surface area contributed by atoms with E-state index in [9.17, 15) is 0 Å². The summed E-state index contributed by atoms with van der Waals surface area (Å²) in [5, 5.41) is 3.36. The first-order chi connectivity index (χ1) is 9.78. The molecule has 0 saturated carbocycles. The summed E-state index contributed by atoms with van der Waals surface area (Å²) in [7, 11) is 3.30. The standard InChI is InChI=1S/C14H19N3O2S/c1-18-11-6-10(13(20-3)7-12(11)19-2)8-15-9-14-16-4-5-17-14/h4-7,15H,8-9H2,1-3H3,(H,16,17). The van der Waals surface area contributed by atoms with Gasteiger partial charge in [-0.15, -0.1) is 11.8 Å². The molecule has 2 rings (SSSR count). The Morgan fingerprint density at radius 1 is 1.20 bits per heavy atom. The molecule has 0 unspecified atom stereocenters. The number of aromatic amines is 1. The van der Waals surface area contributed by atoms with E-state index >= 15 is 0 Å². The lowest BCUT2D eigenvalue weighted by atomic mass is 10.2. The number of nitrogens with zero attached hydrogens (tertiary/aromatic N) is 1. The molecule has 5 nitrogen and oxygen atoms in total. The molecule has 0 saturated heterocycles. The van der Waals surface area contributed by atoms with Crippen molar-refractivity contribution < 1.29 is 9.47 Å². The number of imidazole rings is 1. The first-order valence-corrected chi connectivity index (χ1v) is 7.48. The largest absolute Gasteiger partial charge is 0.493 e. The number of benzene rings is 1. The molecule has 20 heavy (non-hydrogen) atoms. The molecular weight excluding hydrogens is 274 g/mol. The average Bonchev–Trinajstić information content (AvgIpc) is 2.99. The minimum absolute atomic E-state index is 0.704. The number of ether oxygens (including phenoxy) is 2. The Hall–Kier alpha value is -1.66. The van der Waals surface area contributed by atoms with Gasteiger partial charge in [0.2, 0.25) is 0 Å². The van der Waals surface area contributed by atoms with Crippen LogP contribution in [0.3, 0.4) is 0 Å². The van der Waals surface area contributed by atoms with Crippen molar-refractivity contribution in [3.63, 3.8) is 0 Å². The zero-order valence-corrected chi connectivity index (χ0v) is 12.7. The molecule has 2 aromatic rings. The molecule has 1 aromatic carbocycles. The van der Waals surface area contributed by atoms with Crippen LogP contribution in [0.1, 0.15) is 11.4 Å². The second kappa shape index (κ2) is 7.21. The number of hydrogen-bond donors (Lipinski definition) is 2. The number of nitrogens with one attached hydrogen (secondary N) is 2. The minimum Gasteiger partial charge on any atom is -0.493 e. The number of aromatic nitrogens is 2. The third kappa shape index (κ3) is 3.46. The van der Waals surface area contributed by atoms with Gasteiger partial charge >= 0.3 is 0 Å². The minimum atomic E-state index is 0.704. The summed E-state index contributed by atoms with van der Waals surface area (Å²) in [5.74, 6) is 2.43. The van der Waals surface area contributed by atoms with Crippen molar-refractivity contribution in [2.24, 2.45) is 0 Å². The summed E-state index contributed by atoms with van der Waals surface area (Å²) in [6.07, 6.45) is 5.62. The van der Waals surface area contributed by atoms with Gasteiger partial charge in [-0.1, -0.05) is 0 Å². The van der Waals surface area contributed by atoms with Crippen LogP contribution < -0.4 is 14.8 Å². The number of rotatable bonds is 7. The molecule has 1 heterocycles. The van der Waals surface area contributed by atoms with Gasteiger partial charge in [-0.25, -0.2) is 4.98 Å². The van der Waals surface area contributed by atoms with Crippen LogP contribution in [0.15, 0.2) is 29.4 Å². The Morgan fingerprint density at radius 2 is 1.95 bits per heavy atom. The monoisotopic (exact) mass is 293 g/mol. The molecule has 0 radical (unpaired) electrons. The van der Waals surface area contributed by atoms with E-state index in [1.165, 1.54) is 10.5 Å². The van der Waals surface area contributed by atoms with Crippen LogP contribution in [-0.4, -0.2) is 30.4 Å². The molecule has 0 fully saturated rings. The van der Waals surface area contributed by atoms with E-state index in [1.54, 1.807) is 32.2 Å². The van der Waals surface area contributed by atoms with Crippen molar-refractivity contribution in [1.29, 1.82) is 0 Å². The summed E-state index contributed by atoms with van der Waals surface area (Å²) >= 11 is 1.69. The summed E-state index contributed by atoms with van der Waals surface area (Å²) in [6.45, 7) is 1.45. The third-order valence-corrected chi connectivity index (χ3v) is 3.77. The van der Waals surface area contributed by atoms with Gasteiger partial charge in [0.25, 0.3) is 0 Å². The van der Waals surface area contributed by atoms with Gasteiger partial charge in [0.1, 0.15) is 5.82 Å². The van der Waals surface area contributed by atoms with E-state index in [4.69, 9.17) is 9.47 Å². The average molecular weight is 293 g/mol. The van der Waals surface area contributed by atoms with E-state index < -0.39 is 0 Å². The molecule has 1 aromatic heterocycles. The lowest BCUT2D eigenvalue weighted by Gasteiger charge is -2.14. The van der Waals surface area contributed by atoms with Crippen LogP contribution in [-0.2, 0) is 13.1 Å². The first kappa shape index (κ1) is 14.7. The molecule has 6 heteroatoms. The summed E-state index contributed by atoms with van der Waals surface area (Å²) < 4.78 is 10.7. The third-order valence-electron chi connectivity index (χ3n) is 2.95. The Kier molecular flexibility index (Phi) is 5.31. The highest BCUT2D eigenvalue weighted by Gasteiger charge is 2.10. The topological polar surface area (TPSA) is 59.2 Å². The predicted octanol–water partition coefficient (Wildman–Crippen LogP) is 2.44. The summed E-state index contributed by atoms with van der Waals surface area (Å²) in [6, 6.07) is 4.02. The molecule has 0 atom stereocenters. The van der Waals surface area contributed by atoms with Crippen LogP contribution in [0.2, 0.25) is 0 Å². The number of H-pyrrole nitrogens is 1. The molecule has 0 amide bonds. The Balaban J connectivity index is 2.09. The maximum absolute atomic E-state index is 5.35. The van der Waals surface area contributed by atoms with E-state index in [-0.39, 0.29) is 0 Å². The molecule has 108 valence electrons. The van der Waals surface area contributed by atoms with Crippen molar-refractivity contribution in [3.8, 4) is 11.5 Å². The van der Waals surface area contributed by atoms with Gasteiger partial charge in [0.05, 0.1) is 20.8 Å². The quantitative estimate of drug-likeness (QED) is 0.768. The van der Waals surface area contributed by atoms with Crippen molar-refractivity contribution >= 4 is 11.8 Å². The second-order valence-electron chi connectivity index (χ2n) is 4.16. The maximum atomic E-state index is 5.35. The fraction of sp³-hybridized carbons (Fsp3) is 0.357. The lowest BCUT2D eigenvalue weighted by molar-refractivity contribution is 0.353. The zero-order valence-electron chi connectivity index (χ0n) is 11.9.